The van der Waals surface area contributed by atoms with Crippen molar-refractivity contribution in [2.45, 2.75) is 67.9 Å². The molecule has 9 rings (SSSR count). The minimum Gasteiger partial charge on any atom is -0.508 e. The van der Waals surface area contributed by atoms with Crippen molar-refractivity contribution in [2.75, 3.05) is 0 Å². The number of hydrogen-bond donors (Lipinski definition) is 15. The van der Waals surface area contributed by atoms with Crippen molar-refractivity contribution >= 4 is 0 Å². The van der Waals surface area contributed by atoms with Crippen LogP contribution in [0.3, 0.4) is 0 Å². The Hall–Kier alpha value is -7.38. The lowest BCUT2D eigenvalue weighted by Crippen LogP contribution is -2.52. The highest BCUT2D eigenvalue weighted by molar-refractivity contribution is 5.67. The smallest absolute Gasteiger partial charge is 0.157 e. The molecule has 4 aliphatic rings. The molecule has 0 amide bonds. The van der Waals surface area contributed by atoms with Crippen LogP contribution in [-0.4, -0.2) is 101 Å². The monoisotopic (exact) mass is 882 g/mol. The van der Waals surface area contributed by atoms with Gasteiger partial charge in [0, 0.05) is 52.8 Å². The van der Waals surface area contributed by atoms with Gasteiger partial charge in [0.05, 0.1) is 23.5 Å². The van der Waals surface area contributed by atoms with Gasteiger partial charge in [0.15, 0.2) is 46.7 Å². The number of fused-ring (bicyclic) bond motifs is 2. The number of benzene rings is 5. The third-order valence-electron chi connectivity index (χ3n) is 12.8. The minimum atomic E-state index is -1.99. The Kier molecular flexibility index (Phi) is 9.75. The van der Waals surface area contributed by atoms with Crippen LogP contribution in [0.15, 0.2) is 96.0 Å². The van der Waals surface area contributed by atoms with E-state index < -0.39 is 129 Å². The number of aliphatic hydroxyl groups excluding tert-OH is 5. The lowest BCUT2D eigenvalue weighted by atomic mass is 9.60. The molecule has 3 aliphatic heterocycles. The molecule has 5 aromatic carbocycles. The molecule has 18 heteroatoms. The number of phenolic OH excluding ortho intramolecular Hbond substituents is 10. The average molecular weight is 883 g/mol. The molecule has 10 atom stereocenters. The lowest BCUT2D eigenvalue weighted by molar-refractivity contribution is -0.102. The molecule has 3 heterocycles. The zero-order valence-electron chi connectivity index (χ0n) is 33.3. The SMILES string of the molecule is CC1([C@H]2c3c(O)cc(O)c([C@H]4c5c(O)cc(O)cc5O[C@H](c5ccc(O)c(O)c5)[C@@H]4O)c3O[C@H](c3ccc(O)c(O)c3)[C@@H]2O)C2=C(C[C@@H](O)[C@@H](c3ccc(O)c(O)c3)O2)C(O)=CC1O. The molecular weight excluding hydrogens is 840 g/mol. The van der Waals surface area contributed by atoms with Gasteiger partial charge >= 0.3 is 0 Å². The van der Waals surface area contributed by atoms with Gasteiger partial charge in [0.2, 0.25) is 0 Å². The summed E-state index contributed by atoms with van der Waals surface area (Å²) in [4.78, 5) is 0. The number of ether oxygens (including phenoxy) is 3. The number of hydrogen-bond acceptors (Lipinski definition) is 18. The molecular formula is C46H42O18. The maximum atomic E-state index is 12.7. The summed E-state index contributed by atoms with van der Waals surface area (Å²) in [6, 6.07) is 13.6. The molecule has 5 aromatic rings. The van der Waals surface area contributed by atoms with Crippen molar-refractivity contribution in [1.82, 2.24) is 0 Å². The number of rotatable bonds is 5. The van der Waals surface area contributed by atoms with E-state index in [9.17, 15) is 76.6 Å². The third kappa shape index (κ3) is 6.32. The van der Waals surface area contributed by atoms with E-state index >= 15 is 0 Å². The first-order valence-electron chi connectivity index (χ1n) is 19.9. The van der Waals surface area contributed by atoms with E-state index in [0.717, 1.165) is 60.7 Å². The van der Waals surface area contributed by atoms with Gasteiger partial charge in [0.25, 0.3) is 0 Å². The summed E-state index contributed by atoms with van der Waals surface area (Å²) in [7, 11) is 0. The largest absolute Gasteiger partial charge is 0.508 e. The van der Waals surface area contributed by atoms with Gasteiger partial charge in [-0.25, -0.2) is 0 Å². The second kappa shape index (κ2) is 14.9. The van der Waals surface area contributed by atoms with Crippen LogP contribution in [0.4, 0.5) is 0 Å². The number of phenols is 10. The molecule has 2 unspecified atom stereocenters. The zero-order chi connectivity index (χ0) is 45.8. The molecule has 15 N–H and O–H groups in total. The second-order valence-electron chi connectivity index (χ2n) is 16.6. The Labute approximate surface area is 361 Å². The molecule has 0 spiro atoms. The fourth-order valence-electron chi connectivity index (χ4n) is 9.68. The second-order valence-corrected chi connectivity index (χ2v) is 16.6. The maximum absolute atomic E-state index is 12.7. The maximum Gasteiger partial charge on any atom is 0.157 e. The van der Waals surface area contributed by atoms with Gasteiger partial charge in [0.1, 0.15) is 64.3 Å². The molecule has 0 fully saturated rings. The quantitative estimate of drug-likeness (QED) is 0.108. The summed E-state index contributed by atoms with van der Waals surface area (Å²) in [6.07, 6.45) is -10.6. The van der Waals surface area contributed by atoms with E-state index in [-0.39, 0.29) is 56.9 Å². The van der Waals surface area contributed by atoms with Crippen molar-refractivity contribution in [3.05, 3.63) is 129 Å². The average Bonchev–Trinajstić information content (AvgIpc) is 3.23. The Balaban J connectivity index is 1.30. The van der Waals surface area contributed by atoms with Gasteiger partial charge in [-0.15, -0.1) is 0 Å². The molecule has 0 aromatic heterocycles. The van der Waals surface area contributed by atoms with Crippen LogP contribution in [0, 0.1) is 5.41 Å². The molecule has 0 saturated heterocycles. The molecule has 0 saturated carbocycles. The lowest BCUT2D eigenvalue weighted by Gasteiger charge is -2.52. The highest BCUT2D eigenvalue weighted by atomic mass is 16.5. The van der Waals surface area contributed by atoms with Crippen LogP contribution in [0.1, 0.15) is 76.9 Å². The Morgan fingerprint density at radius 1 is 0.500 bits per heavy atom. The van der Waals surface area contributed by atoms with Crippen molar-refractivity contribution in [2.24, 2.45) is 5.41 Å². The first kappa shape index (κ1) is 41.9. The van der Waals surface area contributed by atoms with Crippen molar-refractivity contribution in [3.8, 4) is 69.0 Å². The van der Waals surface area contributed by atoms with E-state index in [1.807, 2.05) is 0 Å². The zero-order valence-corrected chi connectivity index (χ0v) is 33.3. The summed E-state index contributed by atoms with van der Waals surface area (Å²) in [5.41, 5.74) is -2.63. The highest BCUT2D eigenvalue weighted by Gasteiger charge is 2.60. The molecule has 334 valence electrons. The van der Waals surface area contributed by atoms with E-state index in [4.69, 9.17) is 14.2 Å². The predicted octanol–water partition coefficient (Wildman–Crippen LogP) is 4.55. The van der Waals surface area contributed by atoms with E-state index in [1.54, 1.807) is 0 Å². The molecule has 0 bridgehead atoms. The van der Waals surface area contributed by atoms with E-state index in [2.05, 4.69) is 0 Å². The number of aromatic hydroxyl groups is 10. The minimum absolute atomic E-state index is 0.00398. The summed E-state index contributed by atoms with van der Waals surface area (Å²) < 4.78 is 19.1. The Morgan fingerprint density at radius 2 is 1.02 bits per heavy atom. The fraction of sp³-hybridized carbons (Fsp3) is 0.261. The summed E-state index contributed by atoms with van der Waals surface area (Å²) in [5.74, 6) is -10.5. The van der Waals surface area contributed by atoms with E-state index in [1.165, 1.54) is 25.1 Å². The molecule has 1 aliphatic carbocycles. The molecule has 18 nitrogen and oxygen atoms in total. The van der Waals surface area contributed by atoms with Gasteiger partial charge in [-0.05, 0) is 66.1 Å². The Morgan fingerprint density at radius 3 is 1.58 bits per heavy atom. The van der Waals surface area contributed by atoms with Gasteiger partial charge in [-0.2, -0.15) is 0 Å². The standard InChI is InChI=1S/C46H42O18/c1-46(33(59)15-24(51)20-13-31(58)41(64-45(20)46)16-2-5-21(48)25(52)8-16)38-36-30(57)14-29(56)35(44(36)63-43(40(38)61)18-4-7-23(50)27(54)10-18)37-34-28(55)11-19(47)12-32(34)62-42(39(37)60)17-3-6-22(49)26(53)9-17/h2-12,14-15,31,33,37-43,47-61H,13H2,1H3/t31-,33?,37-,38+,39-,40-,41-,42-,43-,46?/m1/s1. The van der Waals surface area contributed by atoms with E-state index in [0.29, 0.717) is 0 Å². The summed E-state index contributed by atoms with van der Waals surface area (Å²) in [6.45, 7) is 1.43. The third-order valence-corrected chi connectivity index (χ3v) is 12.8. The molecule has 0 radical (unpaired) electrons. The van der Waals surface area contributed by atoms with Gasteiger partial charge in [-0.1, -0.05) is 18.2 Å². The Bertz CT molecular complexity index is 2800. The summed E-state index contributed by atoms with van der Waals surface area (Å²) in [5, 5.41) is 168. The van der Waals surface area contributed by atoms with Crippen LogP contribution in [0.2, 0.25) is 0 Å². The number of allylic oxidation sites excluding steroid dienone is 1. The first-order chi connectivity index (χ1) is 30.3. The normalized spacial score (nSPS) is 28.4. The molecule has 64 heavy (non-hydrogen) atoms. The van der Waals surface area contributed by atoms with Gasteiger partial charge < -0.3 is 90.8 Å². The van der Waals surface area contributed by atoms with Crippen LogP contribution < -0.4 is 9.47 Å². The first-order valence-corrected chi connectivity index (χ1v) is 19.9. The van der Waals surface area contributed by atoms with Crippen molar-refractivity contribution in [1.29, 1.82) is 0 Å². The summed E-state index contributed by atoms with van der Waals surface area (Å²) >= 11 is 0. The topological polar surface area (TPSA) is 331 Å². The highest BCUT2D eigenvalue weighted by Crippen LogP contribution is 2.65. The van der Waals surface area contributed by atoms with Crippen LogP contribution in [0.25, 0.3) is 0 Å². The van der Waals surface area contributed by atoms with Crippen molar-refractivity contribution < 1.29 is 90.8 Å². The van der Waals surface area contributed by atoms with Crippen LogP contribution in [0.5, 0.6) is 69.0 Å². The van der Waals surface area contributed by atoms with Crippen LogP contribution >= 0.6 is 0 Å². The van der Waals surface area contributed by atoms with Gasteiger partial charge in [-0.3, -0.25) is 0 Å². The fourth-order valence-corrected chi connectivity index (χ4v) is 9.68. The van der Waals surface area contributed by atoms with Crippen LogP contribution in [-0.2, 0) is 4.74 Å². The number of aliphatic hydroxyl groups is 5. The van der Waals surface area contributed by atoms with Crippen molar-refractivity contribution in [3.63, 3.8) is 0 Å². The predicted molar refractivity (Wildman–Crippen MR) is 218 cm³/mol.